The van der Waals surface area contributed by atoms with Gasteiger partial charge in [0.15, 0.2) is 0 Å². The highest BCUT2D eigenvalue weighted by Crippen LogP contribution is 2.39. The van der Waals surface area contributed by atoms with Crippen LogP contribution >= 0.6 is 0 Å². The van der Waals surface area contributed by atoms with Crippen LogP contribution in [0, 0.1) is 0 Å². The van der Waals surface area contributed by atoms with Crippen LogP contribution in [0.25, 0.3) is 0 Å². The number of carboxylic acids is 1. The number of amides is 1. The van der Waals surface area contributed by atoms with Gasteiger partial charge < -0.3 is 14.9 Å². The molecule has 1 saturated carbocycles. The van der Waals surface area contributed by atoms with Gasteiger partial charge in [-0.2, -0.15) is 0 Å². The lowest BCUT2D eigenvalue weighted by atomic mass is 9.79. The van der Waals surface area contributed by atoms with E-state index in [0.29, 0.717) is 12.3 Å². The third-order valence-electron chi connectivity index (χ3n) is 5.37. The first-order chi connectivity index (χ1) is 12.6. The molecule has 2 unspecified atom stereocenters. The third-order valence-corrected chi connectivity index (χ3v) is 5.37. The molecule has 0 bridgehead atoms. The van der Waals surface area contributed by atoms with Crippen molar-refractivity contribution in [2.45, 2.75) is 56.4 Å². The van der Waals surface area contributed by atoms with Crippen molar-refractivity contribution in [2.75, 3.05) is 0 Å². The Labute approximate surface area is 151 Å². The summed E-state index contributed by atoms with van der Waals surface area (Å²) < 4.78 is 5.10. The van der Waals surface area contributed by atoms with Gasteiger partial charge in [-0.15, -0.1) is 0 Å². The summed E-state index contributed by atoms with van der Waals surface area (Å²) in [7, 11) is 0. The van der Waals surface area contributed by atoms with Crippen LogP contribution in [0.3, 0.4) is 0 Å². The predicted octanol–water partition coefficient (Wildman–Crippen LogP) is 3.25. The van der Waals surface area contributed by atoms with E-state index in [9.17, 15) is 14.7 Å². The molecule has 136 valence electrons. The summed E-state index contributed by atoms with van der Waals surface area (Å²) in [6, 6.07) is 8.84. The Bertz CT molecular complexity index is 825. The molecule has 4 rings (SSSR count). The summed E-state index contributed by atoms with van der Waals surface area (Å²) in [4.78, 5) is 24.1. The Balaban J connectivity index is 1.46. The molecule has 2 atom stereocenters. The quantitative estimate of drug-likeness (QED) is 0.831. The number of hydrogen-bond donors (Lipinski definition) is 2. The Morgan fingerprint density at radius 2 is 2.08 bits per heavy atom. The number of hydrogen-bond acceptors (Lipinski definition) is 4. The summed E-state index contributed by atoms with van der Waals surface area (Å²) in [6.07, 6.45) is 5.50. The molecule has 2 aliphatic rings. The molecule has 6 nitrogen and oxygen atoms in total. The zero-order valence-electron chi connectivity index (χ0n) is 14.5. The van der Waals surface area contributed by atoms with Gasteiger partial charge in [0, 0.05) is 12.0 Å². The first kappa shape index (κ1) is 16.8. The Hall–Kier alpha value is -2.63. The second kappa shape index (κ2) is 6.94. The van der Waals surface area contributed by atoms with E-state index in [1.165, 1.54) is 11.1 Å². The average Bonchev–Trinajstić information content (AvgIpc) is 3.38. The first-order valence-corrected chi connectivity index (χ1v) is 9.20. The molecule has 6 heteroatoms. The maximum Gasteiger partial charge on any atom is 0.326 e. The summed E-state index contributed by atoms with van der Waals surface area (Å²) in [6.45, 7) is 0. The molecule has 1 fully saturated rings. The van der Waals surface area contributed by atoms with Gasteiger partial charge in [0.2, 0.25) is 5.76 Å². The number of nitrogens with zero attached hydrogens (tertiary/aromatic N) is 1. The number of aromatic nitrogens is 1. The van der Waals surface area contributed by atoms with Crippen LogP contribution in [0.5, 0.6) is 0 Å². The molecular weight excluding hydrogens is 332 g/mol. The number of carbonyl (C=O) groups excluding carboxylic acids is 1. The Morgan fingerprint density at radius 1 is 1.27 bits per heavy atom. The summed E-state index contributed by atoms with van der Waals surface area (Å²) >= 11 is 0. The number of fused-ring (bicyclic) bond motifs is 1. The van der Waals surface area contributed by atoms with Crippen molar-refractivity contribution in [1.82, 2.24) is 10.5 Å². The first-order valence-electron chi connectivity index (χ1n) is 9.20. The molecule has 2 aliphatic carbocycles. The lowest BCUT2D eigenvalue weighted by Gasteiger charge is -2.27. The van der Waals surface area contributed by atoms with Crippen molar-refractivity contribution >= 4 is 11.9 Å². The van der Waals surface area contributed by atoms with E-state index in [4.69, 9.17) is 4.52 Å². The van der Waals surface area contributed by atoms with Crippen LogP contribution in [0.4, 0.5) is 0 Å². The van der Waals surface area contributed by atoms with E-state index < -0.39 is 17.9 Å². The summed E-state index contributed by atoms with van der Waals surface area (Å²) in [5.41, 5.74) is 3.27. The molecule has 0 aliphatic heterocycles. The third kappa shape index (κ3) is 3.49. The second-order valence-corrected chi connectivity index (χ2v) is 7.28. The largest absolute Gasteiger partial charge is 0.480 e. The second-order valence-electron chi connectivity index (χ2n) is 7.28. The number of aliphatic carboxylic acids is 1. The Morgan fingerprint density at radius 3 is 2.85 bits per heavy atom. The van der Waals surface area contributed by atoms with Crippen LogP contribution in [-0.2, 0) is 11.2 Å². The van der Waals surface area contributed by atoms with Crippen LogP contribution in [0.15, 0.2) is 34.9 Å². The van der Waals surface area contributed by atoms with Gasteiger partial charge in [0.05, 0.1) is 5.69 Å². The summed E-state index contributed by atoms with van der Waals surface area (Å²) in [5.74, 6) is -0.932. The smallest absolute Gasteiger partial charge is 0.326 e. The molecule has 0 saturated heterocycles. The molecule has 1 aromatic carbocycles. The van der Waals surface area contributed by atoms with Gasteiger partial charge >= 0.3 is 5.97 Å². The van der Waals surface area contributed by atoms with Crippen LogP contribution < -0.4 is 5.32 Å². The molecule has 0 spiro atoms. The minimum absolute atomic E-state index is 0.0854. The van der Waals surface area contributed by atoms with Gasteiger partial charge in [-0.05, 0) is 55.6 Å². The van der Waals surface area contributed by atoms with E-state index >= 15 is 0 Å². The fourth-order valence-corrected chi connectivity index (χ4v) is 3.80. The fourth-order valence-electron chi connectivity index (χ4n) is 3.80. The zero-order valence-corrected chi connectivity index (χ0v) is 14.5. The van der Waals surface area contributed by atoms with Crippen molar-refractivity contribution < 1.29 is 19.2 Å². The minimum Gasteiger partial charge on any atom is -0.480 e. The Kier molecular flexibility index (Phi) is 4.49. The van der Waals surface area contributed by atoms with E-state index in [-0.39, 0.29) is 11.7 Å². The topological polar surface area (TPSA) is 92.4 Å². The van der Waals surface area contributed by atoms with Crippen molar-refractivity contribution in [3.8, 4) is 0 Å². The number of nitrogens with one attached hydrogen (secondary N) is 1. The standard InChI is InChI=1S/C20H22N2O4/c23-19(18-11-16(22-26-18)13-8-9-13)21-17(20(24)25)10-14-6-3-5-12-4-1-2-7-15(12)14/h1-2,4,7,11,13-14,17H,3,5-6,8-10H2,(H,21,23)(H,24,25). The van der Waals surface area contributed by atoms with Crippen molar-refractivity contribution in [3.05, 3.63) is 52.9 Å². The lowest BCUT2D eigenvalue weighted by Crippen LogP contribution is -2.42. The zero-order chi connectivity index (χ0) is 18.1. The number of aryl methyl sites for hydroxylation is 1. The monoisotopic (exact) mass is 354 g/mol. The fraction of sp³-hybridized carbons (Fsp3) is 0.450. The lowest BCUT2D eigenvalue weighted by molar-refractivity contribution is -0.139. The number of carboxylic acid groups (broad SMARTS) is 1. The maximum absolute atomic E-state index is 12.4. The van der Waals surface area contributed by atoms with Gasteiger partial charge in [0.1, 0.15) is 6.04 Å². The van der Waals surface area contributed by atoms with Crippen LogP contribution in [-0.4, -0.2) is 28.2 Å². The molecule has 2 N–H and O–H groups in total. The van der Waals surface area contributed by atoms with Crippen molar-refractivity contribution in [3.63, 3.8) is 0 Å². The van der Waals surface area contributed by atoms with E-state index in [0.717, 1.165) is 37.8 Å². The molecule has 1 aromatic heterocycles. The van der Waals surface area contributed by atoms with Crippen LogP contribution in [0.1, 0.15) is 71.3 Å². The highest BCUT2D eigenvalue weighted by Gasteiger charge is 2.31. The SMILES string of the molecule is O=C(NC(CC1CCCc2ccccc21)C(=O)O)c1cc(C2CC2)no1. The predicted molar refractivity (Wildman–Crippen MR) is 94.1 cm³/mol. The molecule has 1 amide bonds. The molecular formula is C20H22N2O4. The van der Waals surface area contributed by atoms with Gasteiger partial charge in [0.25, 0.3) is 5.91 Å². The summed E-state index contributed by atoms with van der Waals surface area (Å²) in [5, 5.41) is 16.1. The number of benzene rings is 1. The van der Waals surface area contributed by atoms with Crippen molar-refractivity contribution in [2.24, 2.45) is 0 Å². The number of carbonyl (C=O) groups is 2. The van der Waals surface area contributed by atoms with Gasteiger partial charge in [-0.3, -0.25) is 4.79 Å². The van der Waals surface area contributed by atoms with Crippen LogP contribution in [0.2, 0.25) is 0 Å². The molecule has 2 aromatic rings. The van der Waals surface area contributed by atoms with E-state index in [2.05, 4.69) is 22.6 Å². The van der Waals surface area contributed by atoms with Gasteiger partial charge in [-0.1, -0.05) is 29.4 Å². The van der Waals surface area contributed by atoms with E-state index in [1.807, 2.05) is 12.1 Å². The number of rotatable bonds is 6. The molecule has 0 radical (unpaired) electrons. The van der Waals surface area contributed by atoms with E-state index in [1.54, 1.807) is 6.07 Å². The highest BCUT2D eigenvalue weighted by molar-refractivity contribution is 5.94. The highest BCUT2D eigenvalue weighted by atomic mass is 16.5. The average molecular weight is 354 g/mol. The molecule has 1 heterocycles. The van der Waals surface area contributed by atoms with Crippen molar-refractivity contribution in [1.29, 1.82) is 0 Å². The van der Waals surface area contributed by atoms with Gasteiger partial charge in [-0.25, -0.2) is 4.79 Å². The minimum atomic E-state index is -1.02. The maximum atomic E-state index is 12.4. The molecule has 26 heavy (non-hydrogen) atoms. The normalized spacial score (nSPS) is 20.2.